The van der Waals surface area contributed by atoms with Gasteiger partial charge < -0.3 is 0 Å². The average molecular weight is 770 g/mol. The molecule has 11 rings (SSSR count). The van der Waals surface area contributed by atoms with Crippen LogP contribution in [0.25, 0.3) is 39.1 Å². The molecule has 0 N–H and O–H groups in total. The number of hydrogen-bond donors (Lipinski definition) is 0. The zero-order chi connectivity index (χ0) is 40.6. The van der Waals surface area contributed by atoms with Crippen molar-refractivity contribution in [3.8, 4) is 33.4 Å². The summed E-state index contributed by atoms with van der Waals surface area (Å²) in [7, 11) is 0. The number of allylic oxidation sites excluding steroid dienone is 1. The Morgan fingerprint density at radius 1 is 0.433 bits per heavy atom. The van der Waals surface area contributed by atoms with Crippen LogP contribution in [0.3, 0.4) is 0 Å². The highest BCUT2D eigenvalue weighted by molar-refractivity contribution is 6.01. The monoisotopic (exact) mass is 769 g/mol. The van der Waals surface area contributed by atoms with Crippen LogP contribution in [0.4, 0.5) is 0 Å². The van der Waals surface area contributed by atoms with Crippen LogP contribution in [0.5, 0.6) is 0 Å². The minimum Gasteiger partial charge on any atom is -0.256 e. The van der Waals surface area contributed by atoms with Crippen LogP contribution in [0.15, 0.2) is 199 Å². The van der Waals surface area contributed by atoms with Crippen LogP contribution in [0.1, 0.15) is 88.9 Å². The fourth-order valence-electron chi connectivity index (χ4n) is 11.0. The van der Waals surface area contributed by atoms with Crippen molar-refractivity contribution in [3.63, 3.8) is 0 Å². The first-order chi connectivity index (χ1) is 29.3. The van der Waals surface area contributed by atoms with E-state index in [1.54, 1.807) is 0 Å². The zero-order valence-corrected chi connectivity index (χ0v) is 34.7. The predicted octanol–water partition coefficient (Wildman–Crippen LogP) is 14.4. The van der Waals surface area contributed by atoms with Crippen LogP contribution in [0, 0.1) is 0 Å². The summed E-state index contributed by atoms with van der Waals surface area (Å²) in [6.45, 7) is 9.52. The van der Waals surface area contributed by atoms with E-state index in [1.807, 2.05) is 0 Å². The number of benzene rings is 8. The van der Waals surface area contributed by atoms with E-state index >= 15 is 0 Å². The highest BCUT2D eigenvalue weighted by Crippen LogP contribution is 2.63. The smallest absolute Gasteiger partial charge is 0.0719 e. The minimum atomic E-state index is -0.497. The van der Waals surface area contributed by atoms with Crippen molar-refractivity contribution >= 4 is 11.9 Å². The molecule has 1 heteroatoms. The van der Waals surface area contributed by atoms with Gasteiger partial charge in [-0.2, -0.15) is 0 Å². The molecule has 1 spiro atoms. The molecule has 288 valence electrons. The van der Waals surface area contributed by atoms with Gasteiger partial charge in [0.15, 0.2) is 0 Å². The summed E-state index contributed by atoms with van der Waals surface area (Å²) in [5, 5.41) is 0. The van der Waals surface area contributed by atoms with Crippen molar-refractivity contribution in [2.75, 3.05) is 0 Å². The number of aliphatic imine (C=N–C) groups is 1. The van der Waals surface area contributed by atoms with E-state index in [9.17, 15) is 0 Å². The quantitative estimate of drug-likeness (QED) is 0.149. The summed E-state index contributed by atoms with van der Waals surface area (Å²) in [6.07, 6.45) is 5.19. The van der Waals surface area contributed by atoms with Gasteiger partial charge in [-0.3, -0.25) is 4.99 Å². The summed E-state index contributed by atoms with van der Waals surface area (Å²) in [6, 6.07) is 69.9. The van der Waals surface area contributed by atoms with Crippen molar-refractivity contribution in [2.24, 2.45) is 4.99 Å². The molecule has 0 atom stereocenters. The van der Waals surface area contributed by atoms with Gasteiger partial charge in [-0.1, -0.05) is 210 Å². The Hall–Kier alpha value is -6.83. The number of nitrogens with zero attached hydrogens (tertiary/aromatic N) is 1. The van der Waals surface area contributed by atoms with Gasteiger partial charge >= 0.3 is 0 Å². The lowest BCUT2D eigenvalue weighted by Gasteiger charge is -2.46. The summed E-state index contributed by atoms with van der Waals surface area (Å²) in [5.74, 6) is 0. The molecule has 8 aromatic rings. The molecule has 0 bridgehead atoms. The van der Waals surface area contributed by atoms with Crippen LogP contribution < -0.4 is 0 Å². The maximum Gasteiger partial charge on any atom is 0.0719 e. The molecule has 0 amide bonds. The molecule has 8 aromatic carbocycles. The maximum absolute atomic E-state index is 5.37. The molecule has 0 aliphatic heterocycles. The fourth-order valence-corrected chi connectivity index (χ4v) is 11.0. The predicted molar refractivity (Wildman–Crippen MR) is 251 cm³/mol. The molecule has 0 saturated heterocycles. The van der Waals surface area contributed by atoms with Crippen LogP contribution in [0.2, 0.25) is 0 Å². The normalized spacial score (nSPS) is 15.8. The van der Waals surface area contributed by atoms with E-state index in [-0.39, 0.29) is 10.8 Å². The van der Waals surface area contributed by atoms with Gasteiger partial charge in [0.25, 0.3) is 0 Å². The third-order valence-corrected chi connectivity index (χ3v) is 13.9. The Bertz CT molecular complexity index is 3000. The SMILES string of the molecule is CC1(C)c2ccccc2-c2ccc(-c3ccc4c(c3)-c3c(C=N/C(=C\Cc5ccccc5)c5ccccc5)cccc3C43c4ccccc4C(C)(C)c4ccccc43)cc21. The lowest BCUT2D eigenvalue weighted by molar-refractivity contribution is 0.563. The summed E-state index contributed by atoms with van der Waals surface area (Å²) in [5.41, 5.74) is 22.3. The molecule has 0 heterocycles. The first-order valence-corrected chi connectivity index (χ1v) is 21.3. The van der Waals surface area contributed by atoms with Crippen LogP contribution in [-0.2, 0) is 22.7 Å². The third kappa shape index (κ3) is 5.28. The average Bonchev–Trinajstić information content (AvgIpc) is 3.72. The highest BCUT2D eigenvalue weighted by atomic mass is 14.7. The molecule has 3 aliphatic rings. The Labute approximate surface area is 354 Å². The molecule has 60 heavy (non-hydrogen) atoms. The molecule has 3 aliphatic carbocycles. The molecule has 0 fully saturated rings. The second-order valence-corrected chi connectivity index (χ2v) is 17.8. The van der Waals surface area contributed by atoms with Crippen LogP contribution >= 0.6 is 0 Å². The van der Waals surface area contributed by atoms with E-state index in [4.69, 9.17) is 4.99 Å². The Morgan fingerprint density at radius 2 is 0.983 bits per heavy atom. The molecular formula is C59H47N. The lowest BCUT2D eigenvalue weighted by Crippen LogP contribution is -2.40. The molecule has 0 radical (unpaired) electrons. The zero-order valence-electron chi connectivity index (χ0n) is 34.7. The Balaban J connectivity index is 1.14. The maximum atomic E-state index is 5.37. The number of hydrogen-bond acceptors (Lipinski definition) is 1. The highest BCUT2D eigenvalue weighted by Gasteiger charge is 2.53. The largest absolute Gasteiger partial charge is 0.256 e. The Kier molecular flexibility index (Phi) is 8.23. The molecule has 0 saturated carbocycles. The van der Waals surface area contributed by atoms with Gasteiger partial charge in [0.1, 0.15) is 0 Å². The van der Waals surface area contributed by atoms with E-state index in [0.717, 1.165) is 23.2 Å². The second-order valence-electron chi connectivity index (χ2n) is 17.8. The van der Waals surface area contributed by atoms with E-state index in [2.05, 4.69) is 228 Å². The minimum absolute atomic E-state index is 0.0776. The number of rotatable bonds is 6. The molecule has 1 nitrogen and oxygen atoms in total. The van der Waals surface area contributed by atoms with Crippen molar-refractivity contribution in [2.45, 2.75) is 50.4 Å². The summed E-state index contributed by atoms with van der Waals surface area (Å²) in [4.78, 5) is 5.37. The summed E-state index contributed by atoms with van der Waals surface area (Å²) < 4.78 is 0. The summed E-state index contributed by atoms with van der Waals surface area (Å²) >= 11 is 0. The van der Waals surface area contributed by atoms with Crippen LogP contribution in [-0.4, -0.2) is 6.21 Å². The van der Waals surface area contributed by atoms with E-state index in [0.29, 0.717) is 0 Å². The van der Waals surface area contributed by atoms with Crippen molar-refractivity contribution in [1.82, 2.24) is 0 Å². The van der Waals surface area contributed by atoms with Gasteiger partial charge in [0.2, 0.25) is 0 Å². The Morgan fingerprint density at radius 3 is 1.70 bits per heavy atom. The molecule has 0 aromatic heterocycles. The first-order valence-electron chi connectivity index (χ1n) is 21.3. The molecule has 0 unspecified atom stereocenters. The first kappa shape index (κ1) is 36.3. The van der Waals surface area contributed by atoms with E-state index < -0.39 is 5.41 Å². The topological polar surface area (TPSA) is 12.4 Å². The van der Waals surface area contributed by atoms with Gasteiger partial charge in [-0.05, 0) is 108 Å². The van der Waals surface area contributed by atoms with Gasteiger partial charge in [0.05, 0.1) is 11.1 Å². The van der Waals surface area contributed by atoms with Gasteiger partial charge in [0, 0.05) is 22.6 Å². The van der Waals surface area contributed by atoms with Gasteiger partial charge in [-0.15, -0.1) is 0 Å². The standard InChI is InChI=1S/C59H47N/c1-57(2)47-24-12-11-23-44(47)45-33-31-42(37-54(45)57)41-32-34-48-46(36-41)56-43(38-60-55(40-20-9-6-10-21-40)35-30-39-18-7-5-8-19-39)22-17-29-53(56)59(48)51-27-15-13-25-49(51)58(3,4)50-26-14-16-28-52(50)59/h5-29,31-38H,30H2,1-4H3/b55-35-,60-38?. The van der Waals surface area contributed by atoms with E-state index in [1.165, 1.54) is 83.5 Å². The molecular weight excluding hydrogens is 723 g/mol. The van der Waals surface area contributed by atoms with Crippen molar-refractivity contribution in [3.05, 3.63) is 255 Å². The number of fused-ring (bicyclic) bond motifs is 12. The van der Waals surface area contributed by atoms with Gasteiger partial charge in [-0.25, -0.2) is 0 Å². The fraction of sp³-hybridized carbons (Fsp3) is 0.136. The third-order valence-electron chi connectivity index (χ3n) is 13.9. The second kappa shape index (κ2) is 13.6. The lowest BCUT2D eigenvalue weighted by atomic mass is 9.55. The van der Waals surface area contributed by atoms with Crippen molar-refractivity contribution < 1.29 is 0 Å². The van der Waals surface area contributed by atoms with Crippen molar-refractivity contribution in [1.29, 1.82) is 0 Å².